The van der Waals surface area contributed by atoms with Crippen LogP contribution in [-0.2, 0) is 20.8 Å². The van der Waals surface area contributed by atoms with Crippen molar-refractivity contribution in [2.24, 2.45) is 5.92 Å². The Hall–Kier alpha value is -2.95. The molecule has 5 heteroatoms. The van der Waals surface area contributed by atoms with Gasteiger partial charge in [-0.2, -0.15) is 0 Å². The number of rotatable bonds is 5. The molecule has 1 aliphatic rings. The average molecular weight is 350 g/mol. The summed E-state index contributed by atoms with van der Waals surface area (Å²) >= 11 is 0. The van der Waals surface area contributed by atoms with E-state index in [1.54, 1.807) is 24.3 Å². The highest BCUT2D eigenvalue weighted by atomic mass is 16.2. The molecule has 1 atom stereocenters. The van der Waals surface area contributed by atoms with Gasteiger partial charge in [-0.3, -0.25) is 19.3 Å². The monoisotopic (exact) mass is 350 g/mol. The number of nitrogens with zero attached hydrogens (tertiary/aromatic N) is 1. The smallest absolute Gasteiger partial charge is 0.233 e. The van der Waals surface area contributed by atoms with Gasteiger partial charge < -0.3 is 5.32 Å². The van der Waals surface area contributed by atoms with Crippen LogP contribution in [0.5, 0.6) is 0 Å². The molecule has 2 aromatic rings. The van der Waals surface area contributed by atoms with Crippen molar-refractivity contribution in [1.29, 1.82) is 0 Å². The van der Waals surface area contributed by atoms with Gasteiger partial charge in [0.2, 0.25) is 17.7 Å². The second-order valence-corrected chi connectivity index (χ2v) is 6.60. The SMILES string of the molecule is C[C@H](Cc1ccccc1)C(=O)Nc1ccc(N2C(=O)CCCC2=O)cc1. The summed E-state index contributed by atoms with van der Waals surface area (Å²) in [5.41, 5.74) is 2.32. The first-order valence-electron chi connectivity index (χ1n) is 8.85. The fourth-order valence-corrected chi connectivity index (χ4v) is 3.06. The molecule has 134 valence electrons. The Morgan fingerprint density at radius 1 is 1.00 bits per heavy atom. The predicted octanol–water partition coefficient (Wildman–Crippen LogP) is 3.55. The van der Waals surface area contributed by atoms with Crippen LogP contribution < -0.4 is 10.2 Å². The fraction of sp³-hybridized carbons (Fsp3) is 0.286. The van der Waals surface area contributed by atoms with Gasteiger partial charge in [0.1, 0.15) is 0 Å². The third-order valence-corrected chi connectivity index (χ3v) is 4.51. The molecule has 0 unspecified atom stereocenters. The number of hydrogen-bond donors (Lipinski definition) is 1. The predicted molar refractivity (Wildman–Crippen MR) is 101 cm³/mol. The number of carbonyl (C=O) groups excluding carboxylic acids is 3. The molecular weight excluding hydrogens is 328 g/mol. The van der Waals surface area contributed by atoms with Gasteiger partial charge in [0.15, 0.2) is 0 Å². The summed E-state index contributed by atoms with van der Waals surface area (Å²) < 4.78 is 0. The lowest BCUT2D eigenvalue weighted by molar-refractivity contribution is -0.129. The summed E-state index contributed by atoms with van der Waals surface area (Å²) in [6, 6.07) is 16.7. The molecule has 1 N–H and O–H groups in total. The average Bonchev–Trinajstić information content (AvgIpc) is 2.64. The van der Waals surface area contributed by atoms with Gasteiger partial charge in [0, 0.05) is 24.4 Å². The molecule has 3 rings (SSSR count). The van der Waals surface area contributed by atoms with E-state index in [9.17, 15) is 14.4 Å². The molecule has 1 saturated heterocycles. The number of nitrogens with one attached hydrogen (secondary N) is 1. The number of carbonyl (C=O) groups is 3. The minimum Gasteiger partial charge on any atom is -0.326 e. The Bertz CT molecular complexity index is 784. The maximum Gasteiger partial charge on any atom is 0.233 e. The molecule has 1 aliphatic heterocycles. The highest BCUT2D eigenvalue weighted by Crippen LogP contribution is 2.24. The zero-order valence-corrected chi connectivity index (χ0v) is 14.8. The Labute approximate surface area is 153 Å². The molecule has 0 aromatic heterocycles. The normalized spacial score (nSPS) is 15.7. The lowest BCUT2D eigenvalue weighted by Gasteiger charge is -2.25. The zero-order chi connectivity index (χ0) is 18.5. The maximum atomic E-state index is 12.4. The number of piperidine rings is 1. The van der Waals surface area contributed by atoms with Crippen LogP contribution in [0.2, 0.25) is 0 Å². The van der Waals surface area contributed by atoms with Gasteiger partial charge in [-0.1, -0.05) is 37.3 Å². The summed E-state index contributed by atoms with van der Waals surface area (Å²) in [5, 5.41) is 2.89. The topological polar surface area (TPSA) is 66.5 Å². The summed E-state index contributed by atoms with van der Waals surface area (Å²) in [7, 11) is 0. The minimum atomic E-state index is -0.172. The van der Waals surface area contributed by atoms with E-state index in [4.69, 9.17) is 0 Å². The van der Waals surface area contributed by atoms with Gasteiger partial charge in [0.05, 0.1) is 5.69 Å². The van der Waals surface area contributed by atoms with Crippen LogP contribution in [-0.4, -0.2) is 17.7 Å². The lowest BCUT2D eigenvalue weighted by Crippen LogP contribution is -2.40. The number of amides is 3. The van der Waals surface area contributed by atoms with Crippen LogP contribution in [0.15, 0.2) is 54.6 Å². The third kappa shape index (κ3) is 4.17. The molecule has 1 fully saturated rings. The van der Waals surface area contributed by atoms with E-state index >= 15 is 0 Å². The molecule has 26 heavy (non-hydrogen) atoms. The molecule has 0 bridgehead atoms. The van der Waals surface area contributed by atoms with Crippen molar-refractivity contribution in [3.8, 4) is 0 Å². The molecule has 5 nitrogen and oxygen atoms in total. The van der Waals surface area contributed by atoms with Crippen LogP contribution in [0.25, 0.3) is 0 Å². The van der Waals surface area contributed by atoms with E-state index in [-0.39, 0.29) is 23.6 Å². The third-order valence-electron chi connectivity index (χ3n) is 4.51. The fourth-order valence-electron chi connectivity index (χ4n) is 3.06. The summed E-state index contributed by atoms with van der Waals surface area (Å²) in [6.07, 6.45) is 2.06. The van der Waals surface area contributed by atoms with Crippen LogP contribution in [0.1, 0.15) is 31.7 Å². The largest absolute Gasteiger partial charge is 0.326 e. The van der Waals surface area contributed by atoms with E-state index in [0.29, 0.717) is 37.1 Å². The van der Waals surface area contributed by atoms with Gasteiger partial charge in [-0.25, -0.2) is 0 Å². The van der Waals surface area contributed by atoms with Crippen molar-refractivity contribution in [1.82, 2.24) is 0 Å². The van der Waals surface area contributed by atoms with Crippen molar-refractivity contribution in [2.45, 2.75) is 32.6 Å². The van der Waals surface area contributed by atoms with Crippen molar-refractivity contribution < 1.29 is 14.4 Å². The molecule has 0 saturated carbocycles. The van der Waals surface area contributed by atoms with Crippen LogP contribution in [0.4, 0.5) is 11.4 Å². The van der Waals surface area contributed by atoms with Crippen LogP contribution in [0, 0.1) is 5.92 Å². The first-order valence-corrected chi connectivity index (χ1v) is 8.85. The highest BCUT2D eigenvalue weighted by molar-refractivity contribution is 6.16. The Balaban J connectivity index is 1.62. The molecular formula is C21H22N2O3. The lowest BCUT2D eigenvalue weighted by atomic mass is 10.0. The maximum absolute atomic E-state index is 12.4. The van der Waals surface area contributed by atoms with Gasteiger partial charge in [-0.15, -0.1) is 0 Å². The van der Waals surface area contributed by atoms with E-state index in [1.165, 1.54) is 4.90 Å². The number of benzene rings is 2. The number of hydrogen-bond acceptors (Lipinski definition) is 3. The van der Waals surface area contributed by atoms with Crippen LogP contribution in [0.3, 0.4) is 0 Å². The van der Waals surface area contributed by atoms with Gasteiger partial charge in [-0.05, 0) is 42.7 Å². The summed E-state index contributed by atoms with van der Waals surface area (Å²) in [5.74, 6) is -0.571. The van der Waals surface area contributed by atoms with Crippen LogP contribution >= 0.6 is 0 Å². The number of anilines is 2. The van der Waals surface area contributed by atoms with E-state index < -0.39 is 0 Å². The Kier molecular flexibility index (Phi) is 5.46. The molecule has 0 spiro atoms. The molecule has 1 heterocycles. The molecule has 0 radical (unpaired) electrons. The Morgan fingerprint density at radius 2 is 1.62 bits per heavy atom. The summed E-state index contributed by atoms with van der Waals surface area (Å²) in [4.78, 5) is 37.5. The first kappa shape index (κ1) is 17.9. The van der Waals surface area contributed by atoms with Crippen molar-refractivity contribution >= 4 is 29.1 Å². The quantitative estimate of drug-likeness (QED) is 0.839. The van der Waals surface area contributed by atoms with Gasteiger partial charge >= 0.3 is 0 Å². The highest BCUT2D eigenvalue weighted by Gasteiger charge is 2.27. The van der Waals surface area contributed by atoms with Crippen molar-refractivity contribution in [2.75, 3.05) is 10.2 Å². The second-order valence-electron chi connectivity index (χ2n) is 6.60. The molecule has 3 amide bonds. The molecule has 2 aromatic carbocycles. The Morgan fingerprint density at radius 3 is 2.23 bits per heavy atom. The molecule has 0 aliphatic carbocycles. The van der Waals surface area contributed by atoms with Gasteiger partial charge in [0.25, 0.3) is 0 Å². The van der Waals surface area contributed by atoms with Crippen molar-refractivity contribution in [3.05, 3.63) is 60.2 Å². The standard InChI is InChI=1S/C21H22N2O3/c1-15(14-16-6-3-2-4-7-16)21(26)22-17-10-12-18(13-11-17)23-19(24)8-5-9-20(23)25/h2-4,6-7,10-13,15H,5,8-9,14H2,1H3,(H,22,26)/t15-/m1/s1. The van der Waals surface area contributed by atoms with Crippen molar-refractivity contribution in [3.63, 3.8) is 0 Å². The van der Waals surface area contributed by atoms with E-state index in [2.05, 4.69) is 5.32 Å². The van der Waals surface area contributed by atoms with E-state index in [0.717, 1.165) is 5.56 Å². The second kappa shape index (κ2) is 7.95. The first-order chi connectivity index (χ1) is 12.5. The summed E-state index contributed by atoms with van der Waals surface area (Å²) in [6.45, 7) is 1.89. The number of imide groups is 1. The van der Waals surface area contributed by atoms with E-state index in [1.807, 2.05) is 37.3 Å². The zero-order valence-electron chi connectivity index (χ0n) is 14.8. The minimum absolute atomic E-state index is 0.0632.